The number of rotatable bonds is 15. The highest BCUT2D eigenvalue weighted by Crippen LogP contribution is 2.16. The summed E-state index contributed by atoms with van der Waals surface area (Å²) in [6.45, 7) is 8.57. The van der Waals surface area contributed by atoms with E-state index in [1.54, 1.807) is 43.1 Å². The third-order valence-electron chi connectivity index (χ3n) is 6.43. The summed E-state index contributed by atoms with van der Waals surface area (Å²) in [5, 5.41) is 5.91. The van der Waals surface area contributed by atoms with Gasteiger partial charge in [-0.3, -0.25) is 9.59 Å². The average molecular weight is 582 g/mol. The Balaban J connectivity index is 1.65. The molecule has 214 valence electrons. The number of hydrogen-bond donors (Lipinski definition) is 2. The lowest BCUT2D eigenvalue weighted by atomic mass is 10.00. The standard InChI is InChI=1S/C27H38Cl2N6O4/c1-17(2)19(4)35(5)27(38)39-16-20-10-12-21(13-11-20)31-23(37)18(3)15-22(36)9-7-6-8-14-30-26-33-24(28)32-25(29)34-26/h10-13,17-19H,6-9,14-16H2,1-5H3,(H,31,37)(H,30,32,33,34)/t18-,19-/m1/s1. The monoisotopic (exact) mass is 580 g/mol. The molecule has 0 saturated carbocycles. The van der Waals surface area contributed by atoms with E-state index in [4.69, 9.17) is 27.9 Å². The third kappa shape index (κ3) is 11.7. The van der Waals surface area contributed by atoms with E-state index in [0.717, 1.165) is 24.8 Å². The Morgan fingerprint density at radius 3 is 2.21 bits per heavy atom. The van der Waals surface area contributed by atoms with Gasteiger partial charge in [-0.2, -0.15) is 15.0 Å². The quantitative estimate of drug-likeness (QED) is 0.246. The number of unbranched alkanes of at least 4 members (excludes halogenated alkanes) is 2. The summed E-state index contributed by atoms with van der Waals surface area (Å²) in [4.78, 5) is 50.3. The zero-order valence-corrected chi connectivity index (χ0v) is 24.7. The van der Waals surface area contributed by atoms with Crippen LogP contribution in [0.1, 0.15) is 65.4 Å². The van der Waals surface area contributed by atoms with Crippen molar-refractivity contribution in [2.75, 3.05) is 24.2 Å². The van der Waals surface area contributed by atoms with Crippen LogP contribution in [0, 0.1) is 11.8 Å². The second-order valence-electron chi connectivity index (χ2n) is 9.91. The molecule has 0 spiro atoms. The van der Waals surface area contributed by atoms with Crippen molar-refractivity contribution in [2.45, 2.75) is 72.4 Å². The Morgan fingerprint density at radius 1 is 0.949 bits per heavy atom. The molecular formula is C27H38Cl2N6O4. The molecule has 0 unspecified atom stereocenters. The van der Waals surface area contributed by atoms with E-state index in [9.17, 15) is 14.4 Å². The maximum atomic E-state index is 12.6. The van der Waals surface area contributed by atoms with Crippen LogP contribution in [0.5, 0.6) is 0 Å². The van der Waals surface area contributed by atoms with E-state index in [-0.39, 0.29) is 47.4 Å². The molecule has 12 heteroatoms. The number of amides is 2. The molecule has 2 aromatic rings. The number of hydrogen-bond acceptors (Lipinski definition) is 8. The number of nitrogens with zero attached hydrogens (tertiary/aromatic N) is 4. The predicted octanol–water partition coefficient (Wildman–Crippen LogP) is 6.00. The third-order valence-corrected chi connectivity index (χ3v) is 6.76. The highest BCUT2D eigenvalue weighted by molar-refractivity contribution is 6.31. The van der Waals surface area contributed by atoms with Crippen molar-refractivity contribution < 1.29 is 19.1 Å². The summed E-state index contributed by atoms with van der Waals surface area (Å²) >= 11 is 11.5. The maximum Gasteiger partial charge on any atom is 0.410 e. The fourth-order valence-corrected chi connectivity index (χ4v) is 3.94. The van der Waals surface area contributed by atoms with Crippen molar-refractivity contribution in [1.82, 2.24) is 19.9 Å². The molecule has 39 heavy (non-hydrogen) atoms. The molecule has 0 saturated heterocycles. The van der Waals surface area contributed by atoms with Crippen LogP contribution in [-0.4, -0.2) is 57.3 Å². The van der Waals surface area contributed by atoms with Crippen molar-refractivity contribution in [2.24, 2.45) is 11.8 Å². The van der Waals surface area contributed by atoms with Gasteiger partial charge in [-0.15, -0.1) is 0 Å². The Hall–Kier alpha value is -2.98. The van der Waals surface area contributed by atoms with Crippen LogP contribution in [0.4, 0.5) is 16.4 Å². The first-order chi connectivity index (χ1) is 18.5. The zero-order chi connectivity index (χ0) is 28.9. The lowest BCUT2D eigenvalue weighted by Crippen LogP contribution is -2.38. The van der Waals surface area contributed by atoms with Gasteiger partial charge in [0.05, 0.1) is 0 Å². The molecule has 0 radical (unpaired) electrons. The lowest BCUT2D eigenvalue weighted by Gasteiger charge is -2.27. The molecule has 1 aromatic carbocycles. The minimum Gasteiger partial charge on any atom is -0.445 e. The number of ether oxygens (including phenoxy) is 1. The minimum atomic E-state index is -0.448. The number of Topliss-reactive ketones (excluding diaryl/α,β-unsaturated/α-hetero) is 1. The van der Waals surface area contributed by atoms with E-state index in [0.29, 0.717) is 30.5 Å². The van der Waals surface area contributed by atoms with E-state index >= 15 is 0 Å². The van der Waals surface area contributed by atoms with E-state index in [1.165, 1.54) is 0 Å². The van der Waals surface area contributed by atoms with Crippen molar-refractivity contribution in [3.05, 3.63) is 40.4 Å². The summed E-state index contributed by atoms with van der Waals surface area (Å²) in [6.07, 6.45) is 2.60. The summed E-state index contributed by atoms with van der Waals surface area (Å²) in [6, 6.07) is 7.17. The number of halogens is 2. The van der Waals surface area contributed by atoms with Crippen molar-refractivity contribution in [1.29, 1.82) is 0 Å². The maximum absolute atomic E-state index is 12.6. The molecule has 2 rings (SSSR count). The Kier molecular flexibility index (Phi) is 13.4. The number of carbonyl (C=O) groups is 3. The Bertz CT molecular complexity index is 1080. The summed E-state index contributed by atoms with van der Waals surface area (Å²) < 4.78 is 5.39. The van der Waals surface area contributed by atoms with Gasteiger partial charge in [-0.05, 0) is 66.6 Å². The zero-order valence-electron chi connectivity index (χ0n) is 23.2. The molecule has 1 aromatic heterocycles. The molecule has 1 heterocycles. The van der Waals surface area contributed by atoms with Gasteiger partial charge in [0.25, 0.3) is 0 Å². The van der Waals surface area contributed by atoms with Crippen LogP contribution in [0.15, 0.2) is 24.3 Å². The topological polar surface area (TPSA) is 126 Å². The molecule has 0 bridgehead atoms. The molecule has 0 aliphatic carbocycles. The molecule has 0 fully saturated rings. The molecule has 2 amide bonds. The summed E-state index contributed by atoms with van der Waals surface area (Å²) in [5.74, 6) is 0.0261. The highest BCUT2D eigenvalue weighted by atomic mass is 35.5. The van der Waals surface area contributed by atoms with Gasteiger partial charge < -0.3 is 20.3 Å². The second-order valence-corrected chi connectivity index (χ2v) is 10.6. The van der Waals surface area contributed by atoms with Gasteiger partial charge in [0.2, 0.25) is 22.4 Å². The van der Waals surface area contributed by atoms with Gasteiger partial charge in [-0.25, -0.2) is 4.79 Å². The number of ketones is 1. The summed E-state index contributed by atoms with van der Waals surface area (Å²) in [7, 11) is 1.73. The Labute approximate surface area is 240 Å². The highest BCUT2D eigenvalue weighted by Gasteiger charge is 2.20. The van der Waals surface area contributed by atoms with Gasteiger partial charge in [0.15, 0.2) is 0 Å². The van der Waals surface area contributed by atoms with Crippen molar-refractivity contribution in [3.8, 4) is 0 Å². The lowest BCUT2D eigenvalue weighted by molar-refractivity contribution is -0.125. The van der Waals surface area contributed by atoms with Gasteiger partial charge in [0, 0.05) is 44.1 Å². The smallest absolute Gasteiger partial charge is 0.410 e. The first-order valence-corrected chi connectivity index (χ1v) is 13.8. The summed E-state index contributed by atoms with van der Waals surface area (Å²) in [5.41, 5.74) is 1.43. The fraction of sp³-hybridized carbons (Fsp3) is 0.556. The Morgan fingerprint density at radius 2 is 1.59 bits per heavy atom. The fourth-order valence-electron chi connectivity index (χ4n) is 3.58. The van der Waals surface area contributed by atoms with E-state index < -0.39 is 5.92 Å². The van der Waals surface area contributed by atoms with Crippen LogP contribution in [0.2, 0.25) is 10.6 Å². The first-order valence-electron chi connectivity index (χ1n) is 13.1. The SMILES string of the molecule is CC(C)[C@@H](C)N(C)C(=O)OCc1ccc(NC(=O)[C@H](C)CC(=O)CCCCCNc2nc(Cl)nc(Cl)n2)cc1. The van der Waals surface area contributed by atoms with Crippen LogP contribution in [-0.2, 0) is 20.9 Å². The first kappa shape index (κ1) is 32.2. The molecule has 0 aliphatic heterocycles. The van der Waals surface area contributed by atoms with Crippen LogP contribution >= 0.6 is 23.2 Å². The minimum absolute atomic E-state index is 0.0244. The normalized spacial score (nSPS) is 12.5. The van der Waals surface area contributed by atoms with Crippen molar-refractivity contribution in [3.63, 3.8) is 0 Å². The largest absolute Gasteiger partial charge is 0.445 e. The number of nitrogens with one attached hydrogen (secondary N) is 2. The molecule has 10 nitrogen and oxygen atoms in total. The van der Waals surface area contributed by atoms with Gasteiger partial charge >= 0.3 is 6.09 Å². The van der Waals surface area contributed by atoms with E-state index in [1.807, 2.05) is 6.92 Å². The number of benzene rings is 1. The second kappa shape index (κ2) is 16.2. The van der Waals surface area contributed by atoms with Crippen LogP contribution in [0.3, 0.4) is 0 Å². The van der Waals surface area contributed by atoms with Crippen LogP contribution in [0.25, 0.3) is 0 Å². The van der Waals surface area contributed by atoms with Crippen molar-refractivity contribution >= 4 is 52.6 Å². The molecule has 2 N–H and O–H groups in total. The number of aromatic nitrogens is 3. The molecular weight excluding hydrogens is 543 g/mol. The van der Waals surface area contributed by atoms with Gasteiger partial charge in [-0.1, -0.05) is 39.3 Å². The van der Waals surface area contributed by atoms with E-state index in [2.05, 4.69) is 39.4 Å². The average Bonchev–Trinajstić information content (AvgIpc) is 2.88. The van der Waals surface area contributed by atoms with Crippen LogP contribution < -0.4 is 10.6 Å². The molecule has 0 aliphatic rings. The number of anilines is 2. The predicted molar refractivity (Wildman–Crippen MR) is 153 cm³/mol. The van der Waals surface area contributed by atoms with Gasteiger partial charge in [0.1, 0.15) is 12.4 Å². The molecule has 2 atom stereocenters. The number of carbonyl (C=O) groups excluding carboxylic acids is 3.